The van der Waals surface area contributed by atoms with E-state index in [1.165, 1.54) is 0 Å². The maximum atomic E-state index is 4.11. The van der Waals surface area contributed by atoms with E-state index in [1.54, 1.807) is 0 Å². The Labute approximate surface area is 33.5 Å². The van der Waals surface area contributed by atoms with Crippen LogP contribution < -0.4 is 0 Å². The van der Waals surface area contributed by atoms with Crippen molar-refractivity contribution in [3.63, 3.8) is 0 Å². The fourth-order valence-electron chi connectivity index (χ4n) is 0. The summed E-state index contributed by atoms with van der Waals surface area (Å²) in [5, 5.41) is 0. The molecular formula is H4Cl2O2. The summed E-state index contributed by atoms with van der Waals surface area (Å²) < 4.78 is 0. The second kappa shape index (κ2) is 87.5. The van der Waals surface area contributed by atoms with E-state index in [9.17, 15) is 0 Å². The smallest absolute Gasteiger partial charge is 0 e. The van der Waals surface area contributed by atoms with Gasteiger partial charge in [-0.05, 0) is 0 Å². The first kappa shape index (κ1) is 24.5. The van der Waals surface area contributed by atoms with Gasteiger partial charge >= 0.3 is 0 Å². The zero-order valence-corrected chi connectivity index (χ0v) is 3.27. The Kier molecular flexibility index (Phi) is 536. The predicted octanol–water partition coefficient (Wildman–Crippen LogP) is -0.270. The molecule has 0 heterocycles. The molecule has 4 heavy (non-hydrogen) atoms. The molecule has 4 heteroatoms. The summed E-state index contributed by atoms with van der Waals surface area (Å²) >= 11 is 0. The van der Waals surface area contributed by atoms with Crippen LogP contribution in [-0.4, -0.2) is 11.0 Å². The van der Waals surface area contributed by atoms with E-state index in [0.29, 0.717) is 0 Å². The van der Waals surface area contributed by atoms with Crippen molar-refractivity contribution >= 4 is 21.7 Å². The monoisotopic (exact) mass is 106 g/mol. The molecule has 0 rings (SSSR count). The maximum Gasteiger partial charge on any atom is 0 e. The minimum Gasteiger partial charge on any atom is -0.412 e. The fraction of sp³-hybridized carbons (Fsp3) is 0. The second-order valence-corrected chi connectivity index (χ2v) is 0. The number of hydrogen-bond donors (Lipinski definition) is 0. The Morgan fingerprint density at radius 3 is 0.750 bits per heavy atom. The topological polar surface area (TPSA) is 63.0 Å². The standard InChI is InChI=1S/Cl2.2H2O/c1-2;;/h;2*1H2. The lowest BCUT2D eigenvalue weighted by Gasteiger charge is -1.000. The van der Waals surface area contributed by atoms with E-state index < -0.39 is 0 Å². The van der Waals surface area contributed by atoms with Crippen LogP contribution in [0.3, 0.4) is 0 Å². The van der Waals surface area contributed by atoms with Gasteiger partial charge in [-0.25, -0.2) is 0 Å². The summed E-state index contributed by atoms with van der Waals surface area (Å²) in [6.45, 7) is 0. The summed E-state index contributed by atoms with van der Waals surface area (Å²) in [7, 11) is 8.22. The molecule has 0 atom stereocenters. The third kappa shape index (κ3) is 22.5. The van der Waals surface area contributed by atoms with Crippen molar-refractivity contribution in [3.8, 4) is 0 Å². The van der Waals surface area contributed by atoms with Crippen LogP contribution in [0.1, 0.15) is 0 Å². The molecule has 0 saturated heterocycles. The first-order valence-electron chi connectivity index (χ1n) is 0.143. The Morgan fingerprint density at radius 2 is 0.750 bits per heavy atom. The lowest BCUT2D eigenvalue weighted by atomic mass is 16.0. The summed E-state index contributed by atoms with van der Waals surface area (Å²) in [6.07, 6.45) is 0. The quantitative estimate of drug-likeness (QED) is 0.409. The summed E-state index contributed by atoms with van der Waals surface area (Å²) in [5.41, 5.74) is 0. The van der Waals surface area contributed by atoms with Crippen molar-refractivity contribution in [1.29, 1.82) is 0 Å². The molecule has 0 aliphatic rings. The number of rotatable bonds is 0. The van der Waals surface area contributed by atoms with Crippen molar-refractivity contribution in [2.45, 2.75) is 0 Å². The van der Waals surface area contributed by atoms with E-state index in [1.807, 2.05) is 0 Å². The van der Waals surface area contributed by atoms with Gasteiger partial charge in [-0.3, -0.25) is 0 Å². The Hall–Kier alpha value is 0.500. The van der Waals surface area contributed by atoms with Gasteiger partial charge in [0, 0.05) is 21.7 Å². The molecule has 30 valence electrons. The van der Waals surface area contributed by atoms with Crippen LogP contribution in [0.15, 0.2) is 0 Å². The first-order valence-corrected chi connectivity index (χ1v) is 1.29. The minimum absolute atomic E-state index is 0. The summed E-state index contributed by atoms with van der Waals surface area (Å²) in [5.74, 6) is 0. The molecule has 0 saturated carbocycles. The van der Waals surface area contributed by atoms with Crippen molar-refractivity contribution < 1.29 is 11.0 Å². The van der Waals surface area contributed by atoms with E-state index in [-0.39, 0.29) is 11.0 Å². The molecule has 0 aliphatic heterocycles. The van der Waals surface area contributed by atoms with Crippen molar-refractivity contribution in [1.82, 2.24) is 0 Å². The van der Waals surface area contributed by atoms with Gasteiger partial charge in [0.15, 0.2) is 0 Å². The largest absolute Gasteiger partial charge is 0.412 e. The van der Waals surface area contributed by atoms with Crippen molar-refractivity contribution in [2.75, 3.05) is 0 Å². The Morgan fingerprint density at radius 1 is 0.750 bits per heavy atom. The lowest BCUT2D eigenvalue weighted by Crippen LogP contribution is -0.311. The Balaban J connectivity index is -0.00000000500. The highest BCUT2D eigenvalue weighted by atomic mass is 36.5. The fourth-order valence-corrected chi connectivity index (χ4v) is 0. The van der Waals surface area contributed by atoms with Crippen LogP contribution in [0.4, 0.5) is 0 Å². The molecule has 0 aromatic carbocycles. The molecule has 0 amide bonds. The predicted molar refractivity (Wildman–Crippen MR) is 18.9 cm³/mol. The number of hydrogen-bond acceptors (Lipinski definition) is 0. The molecule has 0 bridgehead atoms. The van der Waals surface area contributed by atoms with Gasteiger partial charge in [-0.15, -0.1) is 0 Å². The highest BCUT2D eigenvalue weighted by molar-refractivity contribution is 6.85. The first-order chi connectivity index (χ1) is 1.00. The molecule has 0 fully saturated rings. The van der Waals surface area contributed by atoms with Crippen LogP contribution in [0.2, 0.25) is 0 Å². The van der Waals surface area contributed by atoms with Gasteiger partial charge in [0.2, 0.25) is 0 Å². The Bertz CT molecular complexity index is 4.00. The van der Waals surface area contributed by atoms with E-state index in [0.717, 1.165) is 0 Å². The van der Waals surface area contributed by atoms with E-state index in [2.05, 4.69) is 21.7 Å². The normalized spacial score (nSPS) is 1.50. The van der Waals surface area contributed by atoms with Gasteiger partial charge < -0.3 is 11.0 Å². The van der Waals surface area contributed by atoms with Crippen molar-refractivity contribution in [3.05, 3.63) is 0 Å². The molecule has 2 nitrogen and oxygen atoms in total. The molecule has 0 unspecified atom stereocenters. The maximum absolute atomic E-state index is 4.11. The average molecular weight is 107 g/mol. The second-order valence-electron chi connectivity index (χ2n) is 0. The SMILES string of the molecule is ClCl.O.O. The van der Waals surface area contributed by atoms with Gasteiger partial charge in [0.25, 0.3) is 0 Å². The zero-order chi connectivity index (χ0) is 2.00. The molecule has 0 aromatic heterocycles. The highest BCUT2D eigenvalue weighted by Crippen LogP contribution is 1.69. The molecule has 0 aromatic rings. The molecular weight excluding hydrogens is 103 g/mol. The third-order valence-corrected chi connectivity index (χ3v) is 0. The molecule has 0 aliphatic carbocycles. The van der Waals surface area contributed by atoms with Crippen LogP contribution in [0.25, 0.3) is 0 Å². The van der Waals surface area contributed by atoms with Gasteiger partial charge in [0.1, 0.15) is 0 Å². The zero-order valence-electron chi connectivity index (χ0n) is 1.76. The molecule has 4 N–H and O–H groups in total. The van der Waals surface area contributed by atoms with Gasteiger partial charge in [-0.2, -0.15) is 0 Å². The van der Waals surface area contributed by atoms with Crippen LogP contribution in [-0.2, 0) is 0 Å². The van der Waals surface area contributed by atoms with Gasteiger partial charge in [-0.1, -0.05) is 0 Å². The van der Waals surface area contributed by atoms with E-state index in [4.69, 9.17) is 0 Å². The highest BCUT2D eigenvalue weighted by Gasteiger charge is 1.00. The minimum atomic E-state index is 0. The average Bonchev–Trinajstić information content (AvgIpc) is 1.00. The van der Waals surface area contributed by atoms with Gasteiger partial charge in [0.05, 0.1) is 0 Å². The summed E-state index contributed by atoms with van der Waals surface area (Å²) in [6, 6.07) is 0. The lowest BCUT2D eigenvalue weighted by molar-refractivity contribution is 0.823. The summed E-state index contributed by atoms with van der Waals surface area (Å²) in [4.78, 5) is 0. The van der Waals surface area contributed by atoms with Crippen molar-refractivity contribution in [2.24, 2.45) is 0 Å². The third-order valence-electron chi connectivity index (χ3n) is 0. The van der Waals surface area contributed by atoms with Crippen LogP contribution >= 0.6 is 21.7 Å². The molecule has 0 radical (unpaired) electrons. The van der Waals surface area contributed by atoms with Crippen LogP contribution in [0, 0.1) is 0 Å². The molecule has 0 spiro atoms. The number of halogens is 2. The van der Waals surface area contributed by atoms with E-state index >= 15 is 0 Å². The van der Waals surface area contributed by atoms with Crippen LogP contribution in [0.5, 0.6) is 0 Å².